The highest BCUT2D eigenvalue weighted by molar-refractivity contribution is 9.10. The fourth-order valence-electron chi connectivity index (χ4n) is 3.25. The molecule has 0 saturated heterocycles. The lowest BCUT2D eigenvalue weighted by molar-refractivity contribution is -0.120. The largest absolute Gasteiger partial charge is 0.368 e. The minimum absolute atomic E-state index is 0.0316. The van der Waals surface area contributed by atoms with Gasteiger partial charge in [-0.1, -0.05) is 60.1 Å². The van der Waals surface area contributed by atoms with Gasteiger partial charge in [-0.3, -0.25) is 4.79 Å². The summed E-state index contributed by atoms with van der Waals surface area (Å²) in [4.78, 5) is 16.8. The average molecular weight is 499 g/mol. The normalized spacial score (nSPS) is 10.9. The summed E-state index contributed by atoms with van der Waals surface area (Å²) in [6.45, 7) is 1.05. The van der Waals surface area contributed by atoms with Gasteiger partial charge >= 0.3 is 0 Å². The number of amides is 1. The van der Waals surface area contributed by atoms with Crippen molar-refractivity contribution < 1.29 is 4.79 Å². The smallest absolute Gasteiger partial charge is 0.220 e. The van der Waals surface area contributed by atoms with Crippen LogP contribution in [0, 0.1) is 0 Å². The first-order chi connectivity index (χ1) is 15.1. The SMILES string of the molecule is O=C(CCc1ccccc1)NCCNc1cc(-c2ccccc2Cl)nc2c(Br)cnn12. The maximum Gasteiger partial charge on any atom is 0.220 e. The third-order valence-electron chi connectivity index (χ3n) is 4.82. The summed E-state index contributed by atoms with van der Waals surface area (Å²) in [5.41, 5.74) is 3.43. The van der Waals surface area contributed by atoms with Gasteiger partial charge in [-0.2, -0.15) is 9.61 Å². The highest BCUT2D eigenvalue weighted by Gasteiger charge is 2.13. The summed E-state index contributed by atoms with van der Waals surface area (Å²) in [7, 11) is 0. The van der Waals surface area contributed by atoms with E-state index in [2.05, 4.69) is 31.7 Å². The molecule has 0 unspecified atom stereocenters. The molecule has 0 radical (unpaired) electrons. The van der Waals surface area contributed by atoms with E-state index in [-0.39, 0.29) is 5.91 Å². The van der Waals surface area contributed by atoms with E-state index in [0.29, 0.717) is 30.2 Å². The first kappa shape index (κ1) is 21.3. The number of nitrogens with one attached hydrogen (secondary N) is 2. The van der Waals surface area contributed by atoms with Crippen LogP contribution >= 0.6 is 27.5 Å². The number of hydrogen-bond acceptors (Lipinski definition) is 4. The Morgan fingerprint density at radius 2 is 1.84 bits per heavy atom. The summed E-state index contributed by atoms with van der Waals surface area (Å²) in [5, 5.41) is 11.3. The minimum Gasteiger partial charge on any atom is -0.368 e. The topological polar surface area (TPSA) is 71.3 Å². The van der Waals surface area contributed by atoms with Crippen molar-refractivity contribution in [3.05, 3.63) is 81.9 Å². The second-order valence-electron chi connectivity index (χ2n) is 7.00. The molecule has 0 aliphatic rings. The third-order valence-corrected chi connectivity index (χ3v) is 5.70. The van der Waals surface area contributed by atoms with Crippen molar-refractivity contribution in [2.75, 3.05) is 18.4 Å². The van der Waals surface area contributed by atoms with Crippen molar-refractivity contribution in [3.8, 4) is 11.3 Å². The van der Waals surface area contributed by atoms with Gasteiger partial charge in [-0.15, -0.1) is 0 Å². The van der Waals surface area contributed by atoms with Crippen molar-refractivity contribution >= 4 is 44.9 Å². The number of hydrogen-bond donors (Lipinski definition) is 2. The zero-order valence-electron chi connectivity index (χ0n) is 16.7. The molecule has 1 amide bonds. The van der Waals surface area contributed by atoms with Crippen LogP contribution in [0.25, 0.3) is 16.9 Å². The molecule has 158 valence electrons. The van der Waals surface area contributed by atoms with Crippen molar-refractivity contribution in [1.29, 1.82) is 0 Å². The third kappa shape index (κ3) is 5.24. The van der Waals surface area contributed by atoms with Crippen molar-refractivity contribution in [3.63, 3.8) is 0 Å². The molecule has 2 heterocycles. The standard InChI is InChI=1S/C23H21BrClN5O/c24-18-15-28-30-21(14-20(29-23(18)30)17-8-4-5-9-19(17)25)26-12-13-27-22(31)11-10-16-6-2-1-3-7-16/h1-9,14-15,26H,10-13H2,(H,27,31). The van der Waals surface area contributed by atoms with Gasteiger partial charge in [0, 0.05) is 36.2 Å². The Morgan fingerprint density at radius 3 is 2.65 bits per heavy atom. The molecule has 0 aliphatic heterocycles. The van der Waals surface area contributed by atoms with Gasteiger partial charge in [-0.05, 0) is 34.0 Å². The van der Waals surface area contributed by atoms with Gasteiger partial charge < -0.3 is 10.6 Å². The van der Waals surface area contributed by atoms with Gasteiger partial charge in [0.1, 0.15) is 5.82 Å². The number of fused-ring (bicyclic) bond motifs is 1. The molecule has 2 aromatic heterocycles. The summed E-state index contributed by atoms with van der Waals surface area (Å²) in [5.74, 6) is 0.799. The van der Waals surface area contributed by atoms with Crippen LogP contribution in [0.1, 0.15) is 12.0 Å². The Labute approximate surface area is 193 Å². The zero-order valence-corrected chi connectivity index (χ0v) is 19.0. The fraction of sp³-hybridized carbons (Fsp3) is 0.174. The Kier molecular flexibility index (Phi) is 6.84. The quantitative estimate of drug-likeness (QED) is 0.336. The molecule has 0 spiro atoms. The van der Waals surface area contributed by atoms with Crippen molar-refractivity contribution in [2.45, 2.75) is 12.8 Å². The van der Waals surface area contributed by atoms with E-state index in [1.807, 2.05) is 60.7 Å². The summed E-state index contributed by atoms with van der Waals surface area (Å²) >= 11 is 9.87. The van der Waals surface area contributed by atoms with E-state index >= 15 is 0 Å². The number of carbonyl (C=O) groups is 1. The molecule has 0 saturated carbocycles. The van der Waals surface area contributed by atoms with Crippen molar-refractivity contribution in [1.82, 2.24) is 19.9 Å². The van der Waals surface area contributed by atoms with Gasteiger partial charge in [0.05, 0.1) is 16.4 Å². The lowest BCUT2D eigenvalue weighted by Gasteiger charge is -2.12. The van der Waals surface area contributed by atoms with Crippen LogP contribution in [-0.4, -0.2) is 33.6 Å². The van der Waals surface area contributed by atoms with E-state index in [0.717, 1.165) is 33.5 Å². The van der Waals surface area contributed by atoms with E-state index in [4.69, 9.17) is 16.6 Å². The second-order valence-corrected chi connectivity index (χ2v) is 8.26. The van der Waals surface area contributed by atoms with Crippen LogP contribution in [0.2, 0.25) is 5.02 Å². The summed E-state index contributed by atoms with van der Waals surface area (Å²) in [6, 6.07) is 19.5. The van der Waals surface area contributed by atoms with Gasteiger partial charge in [0.15, 0.2) is 5.65 Å². The van der Waals surface area contributed by atoms with Crippen LogP contribution in [0.3, 0.4) is 0 Å². The van der Waals surface area contributed by atoms with Gasteiger partial charge in [-0.25, -0.2) is 4.98 Å². The predicted octanol–water partition coefficient (Wildman–Crippen LogP) is 4.97. The number of nitrogens with zero attached hydrogens (tertiary/aromatic N) is 3. The molecule has 6 nitrogen and oxygen atoms in total. The van der Waals surface area contributed by atoms with E-state index in [1.54, 1.807) is 10.7 Å². The number of anilines is 1. The molecular weight excluding hydrogens is 478 g/mol. The molecule has 0 fully saturated rings. The lowest BCUT2D eigenvalue weighted by atomic mass is 10.1. The maximum atomic E-state index is 12.1. The summed E-state index contributed by atoms with van der Waals surface area (Å²) in [6.07, 6.45) is 2.90. The fourth-order valence-corrected chi connectivity index (χ4v) is 3.83. The molecular formula is C23H21BrClN5O. The van der Waals surface area contributed by atoms with E-state index < -0.39 is 0 Å². The first-order valence-corrected chi connectivity index (χ1v) is 11.1. The zero-order chi connectivity index (χ0) is 21.6. The molecule has 4 aromatic rings. The second kappa shape index (κ2) is 9.94. The summed E-state index contributed by atoms with van der Waals surface area (Å²) < 4.78 is 2.51. The molecule has 0 atom stereocenters. The molecule has 8 heteroatoms. The van der Waals surface area contributed by atoms with Gasteiger partial charge in [0.2, 0.25) is 5.91 Å². The number of carbonyl (C=O) groups excluding carboxylic acids is 1. The predicted molar refractivity (Wildman–Crippen MR) is 127 cm³/mol. The Hall–Kier alpha value is -2.90. The average Bonchev–Trinajstić information content (AvgIpc) is 3.17. The highest BCUT2D eigenvalue weighted by atomic mass is 79.9. The van der Waals surface area contributed by atoms with Crippen LogP contribution in [0.4, 0.5) is 5.82 Å². The Balaban J connectivity index is 1.40. The van der Waals surface area contributed by atoms with E-state index in [1.165, 1.54) is 0 Å². The van der Waals surface area contributed by atoms with Crippen LogP contribution in [0.5, 0.6) is 0 Å². The Bertz CT molecular complexity index is 1200. The van der Waals surface area contributed by atoms with Crippen molar-refractivity contribution in [2.24, 2.45) is 0 Å². The maximum absolute atomic E-state index is 12.1. The molecule has 2 N–H and O–H groups in total. The van der Waals surface area contributed by atoms with Crippen LogP contribution in [-0.2, 0) is 11.2 Å². The number of rotatable bonds is 8. The highest BCUT2D eigenvalue weighted by Crippen LogP contribution is 2.30. The van der Waals surface area contributed by atoms with Crippen LogP contribution in [0.15, 0.2) is 71.3 Å². The molecule has 0 bridgehead atoms. The number of benzene rings is 2. The molecule has 4 rings (SSSR count). The van der Waals surface area contributed by atoms with Crippen LogP contribution < -0.4 is 10.6 Å². The Morgan fingerprint density at radius 1 is 1.06 bits per heavy atom. The van der Waals surface area contributed by atoms with E-state index in [9.17, 15) is 4.79 Å². The van der Waals surface area contributed by atoms with Gasteiger partial charge in [0.25, 0.3) is 0 Å². The molecule has 2 aromatic carbocycles. The number of aryl methyl sites for hydroxylation is 1. The minimum atomic E-state index is 0.0316. The monoisotopic (exact) mass is 497 g/mol. The first-order valence-electron chi connectivity index (χ1n) is 9.95. The number of aromatic nitrogens is 3. The molecule has 0 aliphatic carbocycles. The number of halogens is 2. The lowest BCUT2D eigenvalue weighted by Crippen LogP contribution is -2.29. The molecule has 31 heavy (non-hydrogen) atoms.